The Morgan fingerprint density at radius 3 is 2.43 bits per heavy atom. The van der Waals surface area contributed by atoms with Crippen LogP contribution in [0.1, 0.15) is 49.7 Å². The van der Waals surface area contributed by atoms with Gasteiger partial charge in [-0.3, -0.25) is 9.80 Å². The minimum absolute atomic E-state index is 0.845. The van der Waals surface area contributed by atoms with E-state index in [2.05, 4.69) is 28.9 Å². The molecule has 1 aliphatic carbocycles. The molecule has 4 aliphatic rings. The maximum Gasteiger partial charge on any atom is 0.129 e. The summed E-state index contributed by atoms with van der Waals surface area (Å²) in [5, 5.41) is 0. The van der Waals surface area contributed by atoms with Gasteiger partial charge in [-0.2, -0.15) is 0 Å². The van der Waals surface area contributed by atoms with Gasteiger partial charge in [0, 0.05) is 49.4 Å². The molecule has 0 N–H and O–H groups in total. The molecule has 5 rings (SSSR count). The summed E-state index contributed by atoms with van der Waals surface area (Å²) in [6, 6.07) is 6.06. The van der Waals surface area contributed by atoms with E-state index in [1.807, 2.05) is 0 Å². The maximum absolute atomic E-state index is 5.77. The highest BCUT2D eigenvalue weighted by Crippen LogP contribution is 2.46. The van der Waals surface area contributed by atoms with E-state index in [1.165, 1.54) is 63.7 Å². The van der Waals surface area contributed by atoms with Gasteiger partial charge in [0.25, 0.3) is 0 Å². The summed E-state index contributed by atoms with van der Waals surface area (Å²) in [5.41, 5.74) is 2.42. The Morgan fingerprint density at radius 2 is 1.71 bits per heavy atom. The summed E-state index contributed by atoms with van der Waals surface area (Å²) >= 11 is 0. The molecule has 2 bridgehead atoms. The van der Waals surface area contributed by atoms with Crippen molar-refractivity contribution in [3.63, 3.8) is 0 Å². The van der Waals surface area contributed by atoms with Crippen molar-refractivity contribution in [3.8, 4) is 11.5 Å². The van der Waals surface area contributed by atoms with E-state index in [9.17, 15) is 0 Å². The number of methoxy groups -OCH3 is 2. The Labute approximate surface area is 170 Å². The lowest BCUT2D eigenvalue weighted by molar-refractivity contribution is -0.0629. The zero-order valence-corrected chi connectivity index (χ0v) is 17.8. The van der Waals surface area contributed by atoms with Gasteiger partial charge in [-0.1, -0.05) is 12.5 Å². The maximum atomic E-state index is 5.77. The molecule has 3 saturated heterocycles. The van der Waals surface area contributed by atoms with E-state index in [-0.39, 0.29) is 0 Å². The third-order valence-electron chi connectivity index (χ3n) is 7.93. The lowest BCUT2D eigenvalue weighted by Gasteiger charge is -2.55. The summed E-state index contributed by atoms with van der Waals surface area (Å²) in [4.78, 5) is 5.69. The van der Waals surface area contributed by atoms with E-state index < -0.39 is 0 Å². The molecule has 3 heterocycles. The smallest absolute Gasteiger partial charge is 0.129 e. The highest BCUT2D eigenvalue weighted by atomic mass is 16.5. The average molecular weight is 385 g/mol. The molecule has 1 aromatic rings. The first-order valence-electron chi connectivity index (χ1n) is 11.4. The molecule has 154 valence electrons. The van der Waals surface area contributed by atoms with Crippen molar-refractivity contribution in [2.45, 2.75) is 64.1 Å². The van der Waals surface area contributed by atoms with E-state index >= 15 is 0 Å². The summed E-state index contributed by atoms with van der Waals surface area (Å²) in [7, 11) is 3.52. The lowest BCUT2D eigenvalue weighted by Crippen LogP contribution is -2.61. The number of benzene rings is 1. The monoisotopic (exact) mass is 384 g/mol. The van der Waals surface area contributed by atoms with Gasteiger partial charge in [-0.25, -0.2) is 0 Å². The first kappa shape index (κ1) is 18.7. The second-order valence-corrected chi connectivity index (χ2v) is 9.74. The van der Waals surface area contributed by atoms with E-state index in [0.29, 0.717) is 0 Å². The molecule has 28 heavy (non-hydrogen) atoms. The largest absolute Gasteiger partial charge is 0.496 e. The fraction of sp³-hybridized carbons (Fsp3) is 0.750. The fourth-order valence-corrected chi connectivity index (χ4v) is 6.67. The number of fused-ring (bicyclic) bond motifs is 4. The first-order chi connectivity index (χ1) is 13.7. The Morgan fingerprint density at radius 1 is 0.929 bits per heavy atom. The second-order valence-electron chi connectivity index (χ2n) is 9.74. The molecule has 0 unspecified atom stereocenters. The van der Waals surface area contributed by atoms with Crippen LogP contribution in [0.2, 0.25) is 0 Å². The fourth-order valence-electron chi connectivity index (χ4n) is 6.67. The number of nitrogens with zero attached hydrogens (tertiary/aromatic N) is 2. The number of likely N-dealkylation sites (tertiary alicyclic amines) is 1. The van der Waals surface area contributed by atoms with Crippen LogP contribution in [-0.2, 0) is 6.54 Å². The summed E-state index contributed by atoms with van der Waals surface area (Å²) in [6.45, 7) is 6.94. The van der Waals surface area contributed by atoms with Gasteiger partial charge in [0.15, 0.2) is 0 Å². The predicted molar refractivity (Wildman–Crippen MR) is 112 cm³/mol. The zero-order valence-electron chi connectivity index (χ0n) is 17.8. The minimum atomic E-state index is 0.845. The molecule has 1 aromatic carbocycles. The lowest BCUT2D eigenvalue weighted by atomic mass is 9.74. The predicted octanol–water partition coefficient (Wildman–Crippen LogP) is 4.10. The quantitative estimate of drug-likeness (QED) is 0.763. The molecule has 1 saturated carbocycles. The third-order valence-corrected chi connectivity index (χ3v) is 7.93. The zero-order chi connectivity index (χ0) is 19.3. The standard InChI is InChI=1S/C24H36N2O2/c1-16-23(27-2)10-9-19(24(16)28-3)14-25-12-17-11-20(15-25)22-6-4-5-21(18-7-8-18)26(22)13-17/h9-10,17-18,20-22H,4-8,11-15H2,1-3H3/t17-,20+,21+,22-/m0/s1. The molecular formula is C24H36N2O2. The summed E-state index contributed by atoms with van der Waals surface area (Å²) < 4.78 is 11.3. The van der Waals surface area contributed by atoms with Crippen molar-refractivity contribution in [2.75, 3.05) is 33.9 Å². The van der Waals surface area contributed by atoms with Crippen LogP contribution in [-0.4, -0.2) is 55.7 Å². The summed E-state index contributed by atoms with van der Waals surface area (Å²) in [6.07, 6.45) is 8.78. The van der Waals surface area contributed by atoms with Crippen LogP contribution >= 0.6 is 0 Å². The SMILES string of the molecule is COc1ccc(CN2C[C@@H]3C[C@H](C2)[C@@H]2CCC[C@H](C4CC4)N2C3)c(OC)c1C. The van der Waals surface area contributed by atoms with Crippen LogP contribution in [0, 0.1) is 24.7 Å². The molecule has 4 heteroatoms. The first-order valence-corrected chi connectivity index (χ1v) is 11.4. The Bertz CT molecular complexity index is 717. The van der Waals surface area contributed by atoms with Crippen LogP contribution in [0.15, 0.2) is 12.1 Å². The van der Waals surface area contributed by atoms with E-state index in [1.54, 1.807) is 14.2 Å². The average Bonchev–Trinajstić information content (AvgIpc) is 3.53. The molecular weight excluding hydrogens is 348 g/mol. The van der Waals surface area contributed by atoms with Crippen LogP contribution < -0.4 is 9.47 Å². The van der Waals surface area contributed by atoms with Crippen LogP contribution in [0.5, 0.6) is 11.5 Å². The Balaban J connectivity index is 1.31. The molecule has 4 fully saturated rings. The van der Waals surface area contributed by atoms with Crippen molar-refractivity contribution in [1.29, 1.82) is 0 Å². The molecule has 3 aliphatic heterocycles. The molecule has 4 nitrogen and oxygen atoms in total. The summed E-state index contributed by atoms with van der Waals surface area (Å²) in [5.74, 6) is 4.66. The van der Waals surface area contributed by atoms with Gasteiger partial charge in [0.2, 0.25) is 0 Å². The number of rotatable bonds is 5. The van der Waals surface area contributed by atoms with Crippen molar-refractivity contribution in [3.05, 3.63) is 23.3 Å². The highest BCUT2D eigenvalue weighted by Gasteiger charge is 2.47. The Hall–Kier alpha value is -1.26. The topological polar surface area (TPSA) is 24.9 Å². The number of hydrogen-bond donors (Lipinski definition) is 0. The Kier molecular flexibility index (Phi) is 5.04. The van der Waals surface area contributed by atoms with Crippen molar-refractivity contribution >= 4 is 0 Å². The van der Waals surface area contributed by atoms with Crippen LogP contribution in [0.4, 0.5) is 0 Å². The van der Waals surface area contributed by atoms with Crippen LogP contribution in [0.3, 0.4) is 0 Å². The van der Waals surface area contributed by atoms with Crippen LogP contribution in [0.25, 0.3) is 0 Å². The molecule has 4 atom stereocenters. The number of piperidine rings is 3. The van der Waals surface area contributed by atoms with E-state index in [0.717, 1.165) is 53.4 Å². The number of ether oxygens (including phenoxy) is 2. The van der Waals surface area contributed by atoms with Gasteiger partial charge in [-0.15, -0.1) is 0 Å². The van der Waals surface area contributed by atoms with E-state index in [4.69, 9.17) is 9.47 Å². The molecule has 0 radical (unpaired) electrons. The normalized spacial score (nSPS) is 33.4. The van der Waals surface area contributed by atoms with Gasteiger partial charge in [0.1, 0.15) is 11.5 Å². The van der Waals surface area contributed by atoms with Gasteiger partial charge in [0.05, 0.1) is 14.2 Å². The third kappa shape index (κ3) is 3.33. The van der Waals surface area contributed by atoms with Crippen molar-refractivity contribution in [1.82, 2.24) is 9.80 Å². The van der Waals surface area contributed by atoms with Gasteiger partial charge in [-0.05, 0) is 62.8 Å². The second kappa shape index (κ2) is 7.53. The van der Waals surface area contributed by atoms with Gasteiger partial charge < -0.3 is 9.47 Å². The minimum Gasteiger partial charge on any atom is -0.496 e. The van der Waals surface area contributed by atoms with Crippen molar-refractivity contribution < 1.29 is 9.47 Å². The molecule has 0 spiro atoms. The van der Waals surface area contributed by atoms with Gasteiger partial charge >= 0.3 is 0 Å². The number of hydrogen-bond acceptors (Lipinski definition) is 4. The molecule has 0 aromatic heterocycles. The highest BCUT2D eigenvalue weighted by molar-refractivity contribution is 5.49. The van der Waals surface area contributed by atoms with Crippen molar-refractivity contribution in [2.24, 2.45) is 17.8 Å². The molecule has 0 amide bonds.